The summed E-state index contributed by atoms with van der Waals surface area (Å²) < 4.78 is 5.44. The van der Waals surface area contributed by atoms with Crippen LogP contribution in [-0.4, -0.2) is 31.1 Å². The molecule has 0 heterocycles. The molecule has 3 N–H and O–H groups in total. The Labute approximate surface area is 137 Å². The summed E-state index contributed by atoms with van der Waals surface area (Å²) >= 11 is 0. The van der Waals surface area contributed by atoms with Crippen LogP contribution in [0.5, 0.6) is 5.75 Å². The molecule has 0 spiro atoms. The topological polar surface area (TPSA) is 79.5 Å². The Kier molecular flexibility index (Phi) is 6.72. The fraction of sp³-hybridized carbons (Fsp3) is 0.529. The molecule has 1 aromatic rings. The first kappa shape index (κ1) is 17.1. The number of benzene rings is 1. The molecule has 1 aromatic carbocycles. The van der Waals surface area contributed by atoms with Gasteiger partial charge in [-0.1, -0.05) is 31.4 Å². The minimum absolute atomic E-state index is 0.0286. The van der Waals surface area contributed by atoms with Gasteiger partial charge in [0.1, 0.15) is 5.75 Å². The van der Waals surface area contributed by atoms with E-state index in [-0.39, 0.29) is 18.5 Å². The molecule has 0 aliphatic heterocycles. The van der Waals surface area contributed by atoms with Crippen molar-refractivity contribution in [1.29, 1.82) is 0 Å². The molecule has 126 valence electrons. The quantitative estimate of drug-likeness (QED) is 0.754. The monoisotopic (exact) mass is 319 g/mol. The van der Waals surface area contributed by atoms with Gasteiger partial charge in [-0.25, -0.2) is 4.79 Å². The standard InChI is InChI=1S/C17H25N3O3/c1-2-23-15-11-7-6-10-14(15)20-17(22)18-12-16(21)19-13-8-4-3-5-9-13/h6-7,10-11,13H,2-5,8-9,12H2,1H3,(H,19,21)(H2,18,20,22). The maximum atomic E-state index is 11.9. The lowest BCUT2D eigenvalue weighted by atomic mass is 9.95. The molecule has 3 amide bonds. The van der Waals surface area contributed by atoms with Crippen LogP contribution in [0.1, 0.15) is 39.0 Å². The number of anilines is 1. The van der Waals surface area contributed by atoms with E-state index < -0.39 is 6.03 Å². The maximum Gasteiger partial charge on any atom is 0.319 e. The number of carbonyl (C=O) groups is 2. The average molecular weight is 319 g/mol. The van der Waals surface area contributed by atoms with E-state index in [4.69, 9.17) is 4.74 Å². The molecule has 6 heteroatoms. The molecule has 0 radical (unpaired) electrons. The van der Waals surface area contributed by atoms with E-state index in [9.17, 15) is 9.59 Å². The Morgan fingerprint density at radius 2 is 1.91 bits per heavy atom. The van der Waals surface area contributed by atoms with Gasteiger partial charge in [0.2, 0.25) is 5.91 Å². The van der Waals surface area contributed by atoms with Crippen LogP contribution < -0.4 is 20.7 Å². The number of hydrogen-bond donors (Lipinski definition) is 3. The van der Waals surface area contributed by atoms with Gasteiger partial charge in [0.05, 0.1) is 18.8 Å². The molecule has 1 saturated carbocycles. The summed E-state index contributed by atoms with van der Waals surface area (Å²) in [6.45, 7) is 2.37. The molecule has 0 saturated heterocycles. The van der Waals surface area contributed by atoms with Crippen molar-refractivity contribution in [2.24, 2.45) is 0 Å². The van der Waals surface area contributed by atoms with Crippen LogP contribution in [0.3, 0.4) is 0 Å². The minimum Gasteiger partial charge on any atom is -0.492 e. The summed E-state index contributed by atoms with van der Waals surface area (Å²) in [6.07, 6.45) is 5.62. The molecule has 0 atom stereocenters. The van der Waals surface area contributed by atoms with Gasteiger partial charge < -0.3 is 20.7 Å². The van der Waals surface area contributed by atoms with Gasteiger partial charge in [0.15, 0.2) is 0 Å². The molecule has 6 nitrogen and oxygen atoms in total. The summed E-state index contributed by atoms with van der Waals surface area (Å²) in [6, 6.07) is 7.03. The first-order valence-electron chi connectivity index (χ1n) is 8.25. The third-order valence-corrected chi connectivity index (χ3v) is 3.81. The Balaban J connectivity index is 1.75. The first-order valence-corrected chi connectivity index (χ1v) is 8.25. The zero-order valence-corrected chi connectivity index (χ0v) is 13.6. The lowest BCUT2D eigenvalue weighted by molar-refractivity contribution is -0.120. The second-order valence-electron chi connectivity index (χ2n) is 5.64. The number of para-hydroxylation sites is 2. The van der Waals surface area contributed by atoms with E-state index in [1.807, 2.05) is 19.1 Å². The smallest absolute Gasteiger partial charge is 0.319 e. The van der Waals surface area contributed by atoms with Crippen LogP contribution in [0, 0.1) is 0 Å². The molecular formula is C17H25N3O3. The van der Waals surface area contributed by atoms with Crippen molar-refractivity contribution in [3.8, 4) is 5.75 Å². The average Bonchev–Trinajstić information content (AvgIpc) is 2.56. The van der Waals surface area contributed by atoms with E-state index >= 15 is 0 Å². The highest BCUT2D eigenvalue weighted by Crippen LogP contribution is 2.23. The van der Waals surface area contributed by atoms with Crippen molar-refractivity contribution < 1.29 is 14.3 Å². The van der Waals surface area contributed by atoms with Crippen molar-refractivity contribution >= 4 is 17.6 Å². The van der Waals surface area contributed by atoms with Gasteiger partial charge in [-0.05, 0) is 31.9 Å². The number of urea groups is 1. The largest absolute Gasteiger partial charge is 0.492 e. The third kappa shape index (κ3) is 5.81. The molecule has 1 aliphatic rings. The van der Waals surface area contributed by atoms with Gasteiger partial charge in [0, 0.05) is 6.04 Å². The molecule has 0 bridgehead atoms. The molecule has 0 aromatic heterocycles. The van der Waals surface area contributed by atoms with Crippen LogP contribution >= 0.6 is 0 Å². The predicted molar refractivity (Wildman–Crippen MR) is 89.6 cm³/mol. The molecular weight excluding hydrogens is 294 g/mol. The lowest BCUT2D eigenvalue weighted by Gasteiger charge is -2.22. The normalized spacial score (nSPS) is 14.8. The van der Waals surface area contributed by atoms with E-state index in [0.29, 0.717) is 18.0 Å². The third-order valence-electron chi connectivity index (χ3n) is 3.81. The molecule has 1 aliphatic carbocycles. The highest BCUT2D eigenvalue weighted by molar-refractivity contribution is 5.93. The SMILES string of the molecule is CCOc1ccccc1NC(=O)NCC(=O)NC1CCCCC1. The lowest BCUT2D eigenvalue weighted by Crippen LogP contribution is -2.43. The number of ether oxygens (including phenoxy) is 1. The predicted octanol–water partition coefficient (Wildman–Crippen LogP) is 2.66. The number of carbonyl (C=O) groups excluding carboxylic acids is 2. The van der Waals surface area contributed by atoms with Gasteiger partial charge in [-0.3, -0.25) is 4.79 Å². The summed E-state index contributed by atoms with van der Waals surface area (Å²) in [5, 5.41) is 8.24. The van der Waals surface area contributed by atoms with Crippen LogP contribution in [0.25, 0.3) is 0 Å². The van der Waals surface area contributed by atoms with Gasteiger partial charge >= 0.3 is 6.03 Å². The maximum absolute atomic E-state index is 11.9. The van der Waals surface area contributed by atoms with Crippen LogP contribution in [0.2, 0.25) is 0 Å². The van der Waals surface area contributed by atoms with Gasteiger partial charge in [0.25, 0.3) is 0 Å². The summed E-state index contributed by atoms with van der Waals surface area (Å²) in [5.74, 6) is 0.460. The van der Waals surface area contributed by atoms with E-state index in [1.165, 1.54) is 6.42 Å². The fourth-order valence-corrected chi connectivity index (χ4v) is 2.70. The van der Waals surface area contributed by atoms with Crippen molar-refractivity contribution in [3.05, 3.63) is 24.3 Å². The molecule has 0 unspecified atom stereocenters. The van der Waals surface area contributed by atoms with Crippen molar-refractivity contribution in [1.82, 2.24) is 10.6 Å². The van der Waals surface area contributed by atoms with E-state index in [1.54, 1.807) is 12.1 Å². The van der Waals surface area contributed by atoms with Gasteiger partial charge in [-0.2, -0.15) is 0 Å². The summed E-state index contributed by atoms with van der Waals surface area (Å²) in [5.41, 5.74) is 0.583. The Morgan fingerprint density at radius 3 is 2.65 bits per heavy atom. The Bertz CT molecular complexity index is 528. The Morgan fingerprint density at radius 1 is 1.17 bits per heavy atom. The van der Waals surface area contributed by atoms with Crippen molar-refractivity contribution in [3.63, 3.8) is 0 Å². The summed E-state index contributed by atoms with van der Waals surface area (Å²) in [4.78, 5) is 23.8. The molecule has 23 heavy (non-hydrogen) atoms. The number of amides is 3. The molecule has 2 rings (SSSR count). The zero-order valence-electron chi connectivity index (χ0n) is 13.6. The number of rotatable bonds is 6. The fourth-order valence-electron chi connectivity index (χ4n) is 2.70. The van der Waals surface area contributed by atoms with E-state index in [0.717, 1.165) is 25.7 Å². The van der Waals surface area contributed by atoms with E-state index in [2.05, 4.69) is 16.0 Å². The number of nitrogens with one attached hydrogen (secondary N) is 3. The zero-order chi connectivity index (χ0) is 16.5. The minimum atomic E-state index is -0.420. The second-order valence-corrected chi connectivity index (χ2v) is 5.64. The van der Waals surface area contributed by atoms with Crippen LogP contribution in [-0.2, 0) is 4.79 Å². The highest BCUT2D eigenvalue weighted by Gasteiger charge is 2.16. The van der Waals surface area contributed by atoms with Crippen LogP contribution in [0.4, 0.5) is 10.5 Å². The van der Waals surface area contributed by atoms with Crippen LogP contribution in [0.15, 0.2) is 24.3 Å². The van der Waals surface area contributed by atoms with Crippen molar-refractivity contribution in [2.75, 3.05) is 18.5 Å². The highest BCUT2D eigenvalue weighted by atomic mass is 16.5. The second kappa shape index (κ2) is 9.02. The van der Waals surface area contributed by atoms with Crippen molar-refractivity contribution in [2.45, 2.75) is 45.1 Å². The van der Waals surface area contributed by atoms with Gasteiger partial charge in [-0.15, -0.1) is 0 Å². The molecule has 1 fully saturated rings. The Hall–Kier alpha value is -2.24. The first-order chi connectivity index (χ1) is 11.2. The summed E-state index contributed by atoms with van der Waals surface area (Å²) in [7, 11) is 0. The number of hydrogen-bond acceptors (Lipinski definition) is 3.